The van der Waals surface area contributed by atoms with Gasteiger partial charge in [-0.05, 0) is 79.1 Å². The fourth-order valence-corrected chi connectivity index (χ4v) is 5.27. The third-order valence-electron chi connectivity index (χ3n) is 7.52. The number of rotatable bonds is 8. The number of methoxy groups -OCH3 is 2. The first-order valence-electron chi connectivity index (χ1n) is 13.6. The number of benzene rings is 3. The van der Waals surface area contributed by atoms with Crippen molar-refractivity contribution in [2.45, 2.75) is 52.0 Å². The van der Waals surface area contributed by atoms with E-state index in [0.717, 1.165) is 60.1 Å². The zero-order valence-electron chi connectivity index (χ0n) is 23.5. The van der Waals surface area contributed by atoms with Crippen LogP contribution in [-0.4, -0.2) is 38.2 Å². The van der Waals surface area contributed by atoms with Crippen molar-refractivity contribution in [1.82, 2.24) is 5.32 Å². The standard InChI is InChI=1S/C32H37N3O5/c1-20-9-8-10-21(2)28(20)35-32(38)33-27-19-24(22-13-16-25(39-3)17-14-22)15-18-26(27)30(36)34-29(31(37)40-4)23-11-6-5-7-12-23/h8-10,13-19,23,29H,5-7,11-12H2,1-4H3,(H,34,36)(H2,33,35,38)/t29-/m0/s1. The maximum Gasteiger partial charge on any atom is 0.328 e. The van der Waals surface area contributed by atoms with E-state index in [-0.39, 0.29) is 11.5 Å². The molecule has 3 amide bonds. The molecule has 0 bridgehead atoms. The number of hydrogen-bond acceptors (Lipinski definition) is 5. The van der Waals surface area contributed by atoms with Gasteiger partial charge in [0.1, 0.15) is 11.8 Å². The van der Waals surface area contributed by atoms with Gasteiger partial charge in [-0.15, -0.1) is 0 Å². The van der Waals surface area contributed by atoms with Crippen LogP contribution < -0.4 is 20.7 Å². The first kappa shape index (κ1) is 28.7. The van der Waals surface area contributed by atoms with Crippen molar-refractivity contribution >= 4 is 29.3 Å². The summed E-state index contributed by atoms with van der Waals surface area (Å²) >= 11 is 0. The molecule has 1 fully saturated rings. The molecule has 8 nitrogen and oxygen atoms in total. The van der Waals surface area contributed by atoms with Crippen LogP contribution in [0.5, 0.6) is 5.75 Å². The van der Waals surface area contributed by atoms with Gasteiger partial charge in [0.25, 0.3) is 5.91 Å². The van der Waals surface area contributed by atoms with Crippen LogP contribution in [0.1, 0.15) is 53.6 Å². The van der Waals surface area contributed by atoms with Crippen LogP contribution in [0.25, 0.3) is 11.1 Å². The second kappa shape index (κ2) is 13.2. The number of carbonyl (C=O) groups excluding carboxylic acids is 3. The highest BCUT2D eigenvalue weighted by atomic mass is 16.5. The van der Waals surface area contributed by atoms with Gasteiger partial charge in [0, 0.05) is 5.69 Å². The first-order valence-corrected chi connectivity index (χ1v) is 13.6. The van der Waals surface area contributed by atoms with Gasteiger partial charge in [-0.1, -0.05) is 55.7 Å². The lowest BCUT2D eigenvalue weighted by atomic mass is 9.83. The van der Waals surface area contributed by atoms with Crippen LogP contribution in [0.15, 0.2) is 60.7 Å². The van der Waals surface area contributed by atoms with E-state index in [1.807, 2.05) is 62.4 Å². The molecule has 0 heterocycles. The second-order valence-corrected chi connectivity index (χ2v) is 10.2. The molecular weight excluding hydrogens is 506 g/mol. The smallest absolute Gasteiger partial charge is 0.328 e. The van der Waals surface area contributed by atoms with E-state index in [1.54, 1.807) is 19.2 Å². The number of urea groups is 1. The summed E-state index contributed by atoms with van der Waals surface area (Å²) in [6, 6.07) is 17.3. The quantitative estimate of drug-likeness (QED) is 0.282. The van der Waals surface area contributed by atoms with E-state index < -0.39 is 23.9 Å². The molecule has 0 aromatic heterocycles. The highest BCUT2D eigenvalue weighted by Crippen LogP contribution is 2.30. The maximum atomic E-state index is 13.6. The Morgan fingerprint density at radius 1 is 0.825 bits per heavy atom. The van der Waals surface area contributed by atoms with Gasteiger partial charge >= 0.3 is 12.0 Å². The predicted octanol–water partition coefficient (Wildman–Crippen LogP) is 6.47. The molecule has 40 heavy (non-hydrogen) atoms. The number of anilines is 2. The molecule has 1 saturated carbocycles. The van der Waals surface area contributed by atoms with Crippen molar-refractivity contribution in [3.05, 3.63) is 77.4 Å². The van der Waals surface area contributed by atoms with Crippen molar-refractivity contribution < 1.29 is 23.9 Å². The van der Waals surface area contributed by atoms with E-state index in [2.05, 4.69) is 16.0 Å². The lowest BCUT2D eigenvalue weighted by Crippen LogP contribution is -2.47. The van der Waals surface area contributed by atoms with Crippen molar-refractivity contribution in [2.75, 3.05) is 24.9 Å². The summed E-state index contributed by atoms with van der Waals surface area (Å²) in [7, 11) is 2.94. The van der Waals surface area contributed by atoms with Crippen LogP contribution in [0.3, 0.4) is 0 Å². The average molecular weight is 544 g/mol. The Morgan fingerprint density at radius 2 is 1.48 bits per heavy atom. The fraction of sp³-hybridized carbons (Fsp3) is 0.344. The Labute approximate surface area is 235 Å². The van der Waals surface area contributed by atoms with Crippen molar-refractivity contribution in [3.8, 4) is 16.9 Å². The van der Waals surface area contributed by atoms with Gasteiger partial charge in [0.15, 0.2) is 0 Å². The molecule has 1 atom stereocenters. The molecule has 210 valence electrons. The highest BCUT2D eigenvalue weighted by Gasteiger charge is 2.32. The third-order valence-corrected chi connectivity index (χ3v) is 7.52. The number of amides is 3. The van der Waals surface area contributed by atoms with Gasteiger partial charge in [-0.3, -0.25) is 4.79 Å². The summed E-state index contributed by atoms with van der Waals surface area (Å²) in [6.45, 7) is 3.84. The number of ether oxygens (including phenoxy) is 2. The SMILES string of the molecule is COC(=O)[C@@H](NC(=O)c1ccc(-c2ccc(OC)cc2)cc1NC(=O)Nc1c(C)cccc1C)C1CCCCC1. The summed E-state index contributed by atoms with van der Waals surface area (Å²) in [5.74, 6) is -0.183. The molecule has 4 rings (SSSR count). The van der Waals surface area contributed by atoms with Crippen molar-refractivity contribution in [2.24, 2.45) is 5.92 Å². The summed E-state index contributed by atoms with van der Waals surface area (Å²) in [4.78, 5) is 39.5. The molecule has 3 aromatic carbocycles. The number of para-hydroxylation sites is 1. The van der Waals surface area contributed by atoms with Gasteiger partial charge in [-0.2, -0.15) is 0 Å². The molecule has 1 aliphatic carbocycles. The van der Waals surface area contributed by atoms with Gasteiger partial charge < -0.3 is 25.4 Å². The highest BCUT2D eigenvalue weighted by molar-refractivity contribution is 6.08. The number of carbonyl (C=O) groups is 3. The zero-order chi connectivity index (χ0) is 28.6. The van der Waals surface area contributed by atoms with Crippen LogP contribution in [0, 0.1) is 19.8 Å². The lowest BCUT2D eigenvalue weighted by Gasteiger charge is -2.29. The van der Waals surface area contributed by atoms with E-state index in [1.165, 1.54) is 7.11 Å². The van der Waals surface area contributed by atoms with Crippen molar-refractivity contribution in [3.63, 3.8) is 0 Å². The summed E-state index contributed by atoms with van der Waals surface area (Å²) in [5, 5.41) is 8.69. The largest absolute Gasteiger partial charge is 0.497 e. The molecular formula is C32H37N3O5. The Hall–Kier alpha value is -4.33. The van der Waals surface area contributed by atoms with Crippen LogP contribution in [-0.2, 0) is 9.53 Å². The topological polar surface area (TPSA) is 106 Å². The molecule has 3 aromatic rings. The summed E-state index contributed by atoms with van der Waals surface area (Å²) < 4.78 is 10.3. The van der Waals surface area contributed by atoms with E-state index in [4.69, 9.17) is 9.47 Å². The zero-order valence-corrected chi connectivity index (χ0v) is 23.5. The normalized spacial score (nSPS) is 14.1. The first-order chi connectivity index (χ1) is 19.3. The van der Waals surface area contributed by atoms with Crippen LogP contribution in [0.4, 0.5) is 16.2 Å². The Morgan fingerprint density at radius 3 is 2.10 bits per heavy atom. The van der Waals surface area contributed by atoms with Gasteiger partial charge in [0.05, 0.1) is 25.5 Å². The molecule has 0 unspecified atom stereocenters. The maximum absolute atomic E-state index is 13.6. The number of hydrogen-bond donors (Lipinski definition) is 3. The molecule has 0 saturated heterocycles. The number of aryl methyl sites for hydroxylation is 2. The molecule has 1 aliphatic rings. The minimum Gasteiger partial charge on any atom is -0.497 e. The number of nitrogens with one attached hydrogen (secondary N) is 3. The minimum atomic E-state index is -0.754. The van der Waals surface area contributed by atoms with E-state index in [0.29, 0.717) is 11.4 Å². The molecule has 0 aliphatic heterocycles. The second-order valence-electron chi connectivity index (χ2n) is 10.2. The van der Waals surface area contributed by atoms with E-state index in [9.17, 15) is 14.4 Å². The average Bonchev–Trinajstić information content (AvgIpc) is 2.97. The summed E-state index contributed by atoms with van der Waals surface area (Å²) in [5.41, 5.74) is 4.82. The minimum absolute atomic E-state index is 0.00691. The van der Waals surface area contributed by atoms with Crippen LogP contribution in [0.2, 0.25) is 0 Å². The van der Waals surface area contributed by atoms with Crippen molar-refractivity contribution in [1.29, 1.82) is 0 Å². The summed E-state index contributed by atoms with van der Waals surface area (Å²) in [6.07, 6.45) is 4.83. The Kier molecular flexibility index (Phi) is 9.43. The van der Waals surface area contributed by atoms with Gasteiger partial charge in [-0.25, -0.2) is 9.59 Å². The Balaban J connectivity index is 1.65. The van der Waals surface area contributed by atoms with Gasteiger partial charge in [0.2, 0.25) is 0 Å². The predicted molar refractivity (Wildman–Crippen MR) is 157 cm³/mol. The van der Waals surface area contributed by atoms with Crippen LogP contribution >= 0.6 is 0 Å². The van der Waals surface area contributed by atoms with E-state index >= 15 is 0 Å². The molecule has 0 radical (unpaired) electrons. The fourth-order valence-electron chi connectivity index (χ4n) is 5.27. The monoisotopic (exact) mass is 543 g/mol. The molecule has 8 heteroatoms. The molecule has 3 N–H and O–H groups in total. The third kappa shape index (κ3) is 6.81. The molecule has 0 spiro atoms. The lowest BCUT2D eigenvalue weighted by molar-refractivity contribution is -0.144. The Bertz CT molecular complexity index is 1340. The number of esters is 1.